The van der Waals surface area contributed by atoms with Crippen LogP contribution in [0.4, 0.5) is 11.4 Å². The highest BCUT2D eigenvalue weighted by atomic mass is 16.1. The molecule has 0 aliphatic heterocycles. The molecule has 0 aliphatic carbocycles. The predicted octanol–water partition coefficient (Wildman–Crippen LogP) is 1.55. The Bertz CT molecular complexity index is 420. The van der Waals surface area contributed by atoms with Crippen molar-refractivity contribution in [1.82, 2.24) is 5.32 Å². The molecule has 1 rings (SSSR count). The van der Waals surface area contributed by atoms with Gasteiger partial charge in [0.25, 0.3) is 5.91 Å². The maximum atomic E-state index is 11.7. The summed E-state index contributed by atoms with van der Waals surface area (Å²) in [6.45, 7) is 4.46. The Hall–Kier alpha value is -1.97. The molecule has 0 aliphatic rings. The minimum absolute atomic E-state index is 0.185. The van der Waals surface area contributed by atoms with Crippen LogP contribution in [0.15, 0.2) is 29.8 Å². The minimum atomic E-state index is -0.185. The van der Waals surface area contributed by atoms with E-state index in [-0.39, 0.29) is 5.91 Å². The van der Waals surface area contributed by atoms with Crippen LogP contribution >= 0.6 is 0 Å². The van der Waals surface area contributed by atoms with Gasteiger partial charge in [0.1, 0.15) is 0 Å². The second kappa shape index (κ2) is 5.21. The summed E-state index contributed by atoms with van der Waals surface area (Å²) in [5.41, 5.74) is 13.8. The zero-order valence-corrected chi connectivity index (χ0v) is 9.58. The number of nitrogens with two attached hydrogens (primary N) is 2. The molecule has 0 atom stereocenters. The molecule has 0 unspecified atom stereocenters. The Morgan fingerprint density at radius 3 is 2.62 bits per heavy atom. The van der Waals surface area contributed by atoms with Crippen molar-refractivity contribution in [2.45, 2.75) is 13.8 Å². The van der Waals surface area contributed by atoms with Crippen LogP contribution < -0.4 is 16.8 Å². The second-order valence-electron chi connectivity index (χ2n) is 3.84. The highest BCUT2D eigenvalue weighted by Gasteiger charge is 2.08. The highest BCUT2D eigenvalue weighted by molar-refractivity contribution is 5.99. The van der Waals surface area contributed by atoms with Gasteiger partial charge in [-0.2, -0.15) is 0 Å². The first-order valence-corrected chi connectivity index (χ1v) is 5.07. The lowest BCUT2D eigenvalue weighted by atomic mass is 10.1. The number of rotatable bonds is 3. The summed E-state index contributed by atoms with van der Waals surface area (Å²) in [5, 5.41) is 2.75. The molecule has 0 radical (unpaired) electrons. The largest absolute Gasteiger partial charge is 0.399 e. The molecular weight excluding hydrogens is 202 g/mol. The first kappa shape index (κ1) is 12.1. The first-order valence-electron chi connectivity index (χ1n) is 5.07. The van der Waals surface area contributed by atoms with Crippen molar-refractivity contribution in [2.24, 2.45) is 0 Å². The minimum Gasteiger partial charge on any atom is -0.399 e. The van der Waals surface area contributed by atoms with Crippen LogP contribution in [0.25, 0.3) is 0 Å². The summed E-state index contributed by atoms with van der Waals surface area (Å²) in [6.07, 6.45) is 1.94. The Morgan fingerprint density at radius 1 is 1.38 bits per heavy atom. The molecule has 5 N–H and O–H groups in total. The van der Waals surface area contributed by atoms with Crippen molar-refractivity contribution in [3.05, 3.63) is 35.4 Å². The van der Waals surface area contributed by atoms with Gasteiger partial charge < -0.3 is 16.8 Å². The monoisotopic (exact) mass is 219 g/mol. The van der Waals surface area contributed by atoms with E-state index in [0.717, 1.165) is 5.57 Å². The van der Waals surface area contributed by atoms with Gasteiger partial charge in [-0.1, -0.05) is 11.6 Å². The highest BCUT2D eigenvalue weighted by Crippen LogP contribution is 2.15. The zero-order chi connectivity index (χ0) is 12.1. The van der Waals surface area contributed by atoms with Gasteiger partial charge in [-0.05, 0) is 32.0 Å². The summed E-state index contributed by atoms with van der Waals surface area (Å²) >= 11 is 0. The summed E-state index contributed by atoms with van der Waals surface area (Å²) in [4.78, 5) is 11.7. The van der Waals surface area contributed by atoms with E-state index in [4.69, 9.17) is 11.5 Å². The van der Waals surface area contributed by atoms with Crippen LogP contribution in [0.3, 0.4) is 0 Å². The van der Waals surface area contributed by atoms with Crippen LogP contribution in [-0.2, 0) is 0 Å². The lowest BCUT2D eigenvalue weighted by molar-refractivity contribution is 0.0959. The quantitative estimate of drug-likeness (QED) is 0.533. The van der Waals surface area contributed by atoms with Gasteiger partial charge in [0.05, 0.1) is 5.56 Å². The third kappa shape index (κ3) is 3.31. The molecule has 0 spiro atoms. The Kier molecular flexibility index (Phi) is 3.94. The van der Waals surface area contributed by atoms with Crippen molar-refractivity contribution in [3.63, 3.8) is 0 Å². The summed E-state index contributed by atoms with van der Waals surface area (Å²) in [7, 11) is 0. The van der Waals surface area contributed by atoms with Crippen molar-refractivity contribution < 1.29 is 4.79 Å². The molecular formula is C12H17N3O. The molecule has 16 heavy (non-hydrogen) atoms. The molecule has 0 aromatic heterocycles. The third-order valence-electron chi connectivity index (χ3n) is 2.09. The van der Waals surface area contributed by atoms with Crippen LogP contribution in [0.1, 0.15) is 24.2 Å². The Balaban J connectivity index is 2.70. The summed E-state index contributed by atoms with van der Waals surface area (Å²) in [5.74, 6) is -0.185. The van der Waals surface area contributed by atoms with Crippen molar-refractivity contribution in [1.29, 1.82) is 0 Å². The molecule has 0 saturated carbocycles. The van der Waals surface area contributed by atoms with Gasteiger partial charge in [0.15, 0.2) is 0 Å². The molecule has 86 valence electrons. The molecule has 4 heteroatoms. The average Bonchev–Trinajstić information content (AvgIpc) is 2.16. The number of allylic oxidation sites excluding steroid dienone is 1. The number of carbonyl (C=O) groups excluding carboxylic acids is 1. The van der Waals surface area contributed by atoms with Gasteiger partial charge in [0, 0.05) is 17.9 Å². The number of nitrogens with one attached hydrogen (secondary N) is 1. The maximum Gasteiger partial charge on any atom is 0.253 e. The fourth-order valence-electron chi connectivity index (χ4n) is 1.23. The number of anilines is 2. The van der Waals surface area contributed by atoms with E-state index in [2.05, 4.69) is 5.32 Å². The SMILES string of the molecule is CC(C)=CCNC(=O)c1ccc(N)cc1N. The van der Waals surface area contributed by atoms with Crippen LogP contribution in [0.2, 0.25) is 0 Å². The molecule has 4 nitrogen and oxygen atoms in total. The number of amides is 1. The predicted molar refractivity (Wildman–Crippen MR) is 67.0 cm³/mol. The number of carbonyl (C=O) groups is 1. The van der Waals surface area contributed by atoms with Crippen molar-refractivity contribution in [2.75, 3.05) is 18.0 Å². The molecule has 0 fully saturated rings. The first-order chi connectivity index (χ1) is 7.50. The van der Waals surface area contributed by atoms with E-state index in [1.807, 2.05) is 19.9 Å². The maximum absolute atomic E-state index is 11.7. The molecule has 1 amide bonds. The number of hydrogen-bond acceptors (Lipinski definition) is 3. The number of benzene rings is 1. The van der Waals surface area contributed by atoms with Gasteiger partial charge in [-0.3, -0.25) is 4.79 Å². The van der Waals surface area contributed by atoms with Crippen LogP contribution in [-0.4, -0.2) is 12.5 Å². The van der Waals surface area contributed by atoms with Gasteiger partial charge >= 0.3 is 0 Å². The van der Waals surface area contributed by atoms with Crippen LogP contribution in [0, 0.1) is 0 Å². The lowest BCUT2D eigenvalue weighted by Crippen LogP contribution is -2.24. The molecule has 0 saturated heterocycles. The standard InChI is InChI=1S/C12H17N3O/c1-8(2)5-6-15-12(16)10-4-3-9(13)7-11(10)14/h3-5,7H,6,13-14H2,1-2H3,(H,15,16). The van der Waals surface area contributed by atoms with E-state index in [1.165, 1.54) is 0 Å². The van der Waals surface area contributed by atoms with E-state index >= 15 is 0 Å². The molecule has 0 heterocycles. The second-order valence-corrected chi connectivity index (χ2v) is 3.84. The summed E-state index contributed by atoms with van der Waals surface area (Å²) in [6, 6.07) is 4.87. The average molecular weight is 219 g/mol. The zero-order valence-electron chi connectivity index (χ0n) is 9.58. The molecule has 1 aromatic rings. The Morgan fingerprint density at radius 2 is 2.06 bits per heavy atom. The van der Waals surface area contributed by atoms with Gasteiger partial charge in [-0.25, -0.2) is 0 Å². The summed E-state index contributed by atoms with van der Waals surface area (Å²) < 4.78 is 0. The van der Waals surface area contributed by atoms with E-state index in [9.17, 15) is 4.79 Å². The topological polar surface area (TPSA) is 81.1 Å². The van der Waals surface area contributed by atoms with Gasteiger partial charge in [0.2, 0.25) is 0 Å². The van der Waals surface area contributed by atoms with Gasteiger partial charge in [-0.15, -0.1) is 0 Å². The van der Waals surface area contributed by atoms with E-state index < -0.39 is 0 Å². The lowest BCUT2D eigenvalue weighted by Gasteiger charge is -2.06. The van der Waals surface area contributed by atoms with Crippen molar-refractivity contribution >= 4 is 17.3 Å². The fourth-order valence-corrected chi connectivity index (χ4v) is 1.23. The molecule has 1 aromatic carbocycles. The van der Waals surface area contributed by atoms with E-state index in [1.54, 1.807) is 18.2 Å². The smallest absolute Gasteiger partial charge is 0.253 e. The van der Waals surface area contributed by atoms with E-state index in [0.29, 0.717) is 23.5 Å². The number of hydrogen-bond donors (Lipinski definition) is 3. The van der Waals surface area contributed by atoms with Crippen LogP contribution in [0.5, 0.6) is 0 Å². The third-order valence-corrected chi connectivity index (χ3v) is 2.09. The normalized spacial score (nSPS) is 9.62. The van der Waals surface area contributed by atoms with Crippen molar-refractivity contribution in [3.8, 4) is 0 Å². The molecule has 0 bridgehead atoms. The number of nitrogen functional groups attached to an aromatic ring is 2. The fraction of sp³-hybridized carbons (Fsp3) is 0.250. The Labute approximate surface area is 95.3 Å².